The molecule has 1 aromatic heterocycles. The van der Waals surface area contributed by atoms with Gasteiger partial charge in [-0.2, -0.15) is 0 Å². The molecule has 1 unspecified atom stereocenters. The monoisotopic (exact) mass is 301 g/mol. The average molecular weight is 301 g/mol. The predicted octanol–water partition coefficient (Wildman–Crippen LogP) is 3.10. The molecule has 110 valence electrons. The topological polar surface area (TPSA) is 39.6 Å². The largest absolute Gasteiger partial charge is 0.388 e. The van der Waals surface area contributed by atoms with Crippen LogP contribution in [0.2, 0.25) is 0 Å². The Labute approximate surface area is 128 Å². The van der Waals surface area contributed by atoms with Crippen LogP contribution in [0.3, 0.4) is 0 Å². The van der Waals surface area contributed by atoms with Gasteiger partial charge in [-0.3, -0.25) is 0 Å². The molecule has 0 radical (unpaired) electrons. The quantitative estimate of drug-likeness (QED) is 0.878. The summed E-state index contributed by atoms with van der Waals surface area (Å²) < 4.78 is 0. The first-order chi connectivity index (χ1) is 10.2. The van der Waals surface area contributed by atoms with Gasteiger partial charge < -0.3 is 14.9 Å². The molecule has 2 heterocycles. The SMILES string of the molecule is CN1CCN(c2nc3c(s2)C(O)CCC3)c2ccccc21. The average Bonchev–Trinajstić information content (AvgIpc) is 2.93. The number of benzene rings is 1. The Morgan fingerprint density at radius 3 is 2.86 bits per heavy atom. The van der Waals surface area contributed by atoms with Gasteiger partial charge in [0, 0.05) is 20.1 Å². The van der Waals surface area contributed by atoms with Crippen LogP contribution in [0.1, 0.15) is 29.5 Å². The number of thiazole rings is 1. The molecular weight excluding hydrogens is 282 g/mol. The molecule has 1 aliphatic carbocycles. The molecule has 2 aliphatic rings. The molecule has 0 spiro atoms. The summed E-state index contributed by atoms with van der Waals surface area (Å²) in [6.07, 6.45) is 2.59. The summed E-state index contributed by atoms with van der Waals surface area (Å²) in [5, 5.41) is 11.2. The van der Waals surface area contributed by atoms with E-state index in [1.165, 1.54) is 11.4 Å². The first-order valence-corrected chi connectivity index (χ1v) is 8.31. The fraction of sp³-hybridized carbons (Fsp3) is 0.438. The van der Waals surface area contributed by atoms with Crippen molar-refractivity contribution in [3.63, 3.8) is 0 Å². The van der Waals surface area contributed by atoms with Crippen molar-refractivity contribution in [3.05, 3.63) is 34.8 Å². The van der Waals surface area contributed by atoms with E-state index in [1.807, 2.05) is 0 Å². The van der Waals surface area contributed by atoms with Crippen molar-refractivity contribution in [2.45, 2.75) is 25.4 Å². The van der Waals surface area contributed by atoms with E-state index in [0.29, 0.717) is 0 Å². The second-order valence-electron chi connectivity index (χ2n) is 5.78. The maximum Gasteiger partial charge on any atom is 0.190 e. The first kappa shape index (κ1) is 13.1. The number of fused-ring (bicyclic) bond motifs is 2. The number of aromatic nitrogens is 1. The standard InChI is InChI=1S/C16H19N3OS/c1-18-9-10-19(13-7-3-2-6-12(13)18)16-17-11-5-4-8-14(20)15(11)21-16/h2-3,6-7,14,20H,4-5,8-10H2,1H3. The van der Waals surface area contributed by atoms with Crippen molar-refractivity contribution in [2.75, 3.05) is 29.9 Å². The van der Waals surface area contributed by atoms with E-state index in [0.717, 1.165) is 48.1 Å². The molecule has 4 rings (SSSR count). The van der Waals surface area contributed by atoms with E-state index < -0.39 is 0 Å². The molecule has 1 N–H and O–H groups in total. The lowest BCUT2D eigenvalue weighted by Gasteiger charge is -2.35. The van der Waals surface area contributed by atoms with E-state index in [4.69, 9.17) is 4.98 Å². The smallest absolute Gasteiger partial charge is 0.190 e. The minimum atomic E-state index is -0.317. The lowest BCUT2D eigenvalue weighted by atomic mass is 10.0. The van der Waals surface area contributed by atoms with Crippen molar-refractivity contribution in [1.29, 1.82) is 0 Å². The number of aliphatic hydroxyl groups excluding tert-OH is 1. The molecule has 0 saturated heterocycles. The lowest BCUT2D eigenvalue weighted by molar-refractivity contribution is 0.160. The number of anilines is 3. The van der Waals surface area contributed by atoms with E-state index in [-0.39, 0.29) is 6.10 Å². The van der Waals surface area contributed by atoms with Crippen LogP contribution in [0, 0.1) is 0 Å². The van der Waals surface area contributed by atoms with Crippen molar-refractivity contribution >= 4 is 27.8 Å². The van der Waals surface area contributed by atoms with E-state index >= 15 is 0 Å². The Morgan fingerprint density at radius 2 is 2.05 bits per heavy atom. The summed E-state index contributed by atoms with van der Waals surface area (Å²) in [4.78, 5) is 10.5. The normalized spacial score (nSPS) is 21.1. The van der Waals surface area contributed by atoms with Gasteiger partial charge in [0.1, 0.15) is 0 Å². The maximum atomic E-state index is 10.2. The number of aryl methyl sites for hydroxylation is 1. The molecular formula is C16H19N3OS. The zero-order valence-corrected chi connectivity index (χ0v) is 12.9. The van der Waals surface area contributed by atoms with Gasteiger partial charge in [-0.25, -0.2) is 4.98 Å². The summed E-state index contributed by atoms with van der Waals surface area (Å²) >= 11 is 1.66. The van der Waals surface area contributed by atoms with Crippen molar-refractivity contribution < 1.29 is 5.11 Å². The number of hydrogen-bond acceptors (Lipinski definition) is 5. The summed E-state index contributed by atoms with van der Waals surface area (Å²) in [7, 11) is 2.13. The van der Waals surface area contributed by atoms with Gasteiger partial charge in [0.2, 0.25) is 0 Å². The highest BCUT2D eigenvalue weighted by atomic mass is 32.1. The molecule has 0 bridgehead atoms. The van der Waals surface area contributed by atoms with Crippen molar-refractivity contribution in [1.82, 2.24) is 4.98 Å². The van der Waals surface area contributed by atoms with Crippen LogP contribution in [0.4, 0.5) is 16.5 Å². The second-order valence-corrected chi connectivity index (χ2v) is 6.79. The van der Waals surface area contributed by atoms with Crippen LogP contribution in [0.15, 0.2) is 24.3 Å². The Bertz CT molecular complexity index is 669. The molecule has 1 aromatic carbocycles. The molecule has 0 saturated carbocycles. The number of nitrogens with zero attached hydrogens (tertiary/aromatic N) is 3. The highest BCUT2D eigenvalue weighted by Gasteiger charge is 2.28. The number of rotatable bonds is 1. The van der Waals surface area contributed by atoms with Crippen LogP contribution in [-0.2, 0) is 6.42 Å². The fourth-order valence-electron chi connectivity index (χ4n) is 3.20. The van der Waals surface area contributed by atoms with Crippen LogP contribution in [-0.4, -0.2) is 30.2 Å². The Hall–Kier alpha value is -1.59. The summed E-state index contributed by atoms with van der Waals surface area (Å²) in [5.41, 5.74) is 3.56. The van der Waals surface area contributed by atoms with Gasteiger partial charge in [0.15, 0.2) is 5.13 Å². The summed E-state index contributed by atoms with van der Waals surface area (Å²) in [6, 6.07) is 8.47. The predicted molar refractivity (Wildman–Crippen MR) is 86.7 cm³/mol. The van der Waals surface area contributed by atoms with Gasteiger partial charge in [0.05, 0.1) is 28.0 Å². The molecule has 4 nitrogen and oxygen atoms in total. The third-order valence-corrected chi connectivity index (χ3v) is 5.61. The zero-order valence-electron chi connectivity index (χ0n) is 12.1. The van der Waals surface area contributed by atoms with Gasteiger partial charge in [0.25, 0.3) is 0 Å². The van der Waals surface area contributed by atoms with Crippen LogP contribution >= 0.6 is 11.3 Å². The van der Waals surface area contributed by atoms with Crippen LogP contribution in [0.5, 0.6) is 0 Å². The zero-order chi connectivity index (χ0) is 14.4. The van der Waals surface area contributed by atoms with Crippen LogP contribution in [0.25, 0.3) is 0 Å². The molecule has 1 atom stereocenters. The van der Waals surface area contributed by atoms with Gasteiger partial charge in [-0.15, -0.1) is 0 Å². The highest BCUT2D eigenvalue weighted by Crippen LogP contribution is 2.42. The number of aliphatic hydroxyl groups is 1. The van der Waals surface area contributed by atoms with Gasteiger partial charge in [-0.1, -0.05) is 23.5 Å². The number of para-hydroxylation sites is 2. The Kier molecular flexibility index (Phi) is 3.12. The minimum absolute atomic E-state index is 0.317. The molecule has 0 amide bonds. The Balaban J connectivity index is 1.76. The maximum absolute atomic E-state index is 10.2. The molecule has 21 heavy (non-hydrogen) atoms. The molecule has 1 aliphatic heterocycles. The summed E-state index contributed by atoms with van der Waals surface area (Å²) in [6.45, 7) is 1.93. The van der Waals surface area contributed by atoms with E-state index in [1.54, 1.807) is 11.3 Å². The third-order valence-electron chi connectivity index (χ3n) is 4.38. The molecule has 5 heteroatoms. The van der Waals surface area contributed by atoms with Crippen LogP contribution < -0.4 is 9.80 Å². The fourth-order valence-corrected chi connectivity index (χ4v) is 4.38. The van der Waals surface area contributed by atoms with Crippen molar-refractivity contribution in [3.8, 4) is 0 Å². The first-order valence-electron chi connectivity index (χ1n) is 7.49. The highest BCUT2D eigenvalue weighted by molar-refractivity contribution is 7.15. The minimum Gasteiger partial charge on any atom is -0.388 e. The molecule has 2 aromatic rings. The third kappa shape index (κ3) is 2.12. The molecule has 0 fully saturated rings. The Morgan fingerprint density at radius 1 is 1.24 bits per heavy atom. The van der Waals surface area contributed by atoms with Crippen molar-refractivity contribution in [2.24, 2.45) is 0 Å². The van der Waals surface area contributed by atoms with E-state index in [9.17, 15) is 5.11 Å². The summed E-state index contributed by atoms with van der Waals surface area (Å²) in [5.74, 6) is 0. The van der Waals surface area contributed by atoms with E-state index in [2.05, 4.69) is 41.1 Å². The number of hydrogen-bond donors (Lipinski definition) is 1. The lowest BCUT2D eigenvalue weighted by Crippen LogP contribution is -2.36. The number of likely N-dealkylation sites (N-methyl/N-ethyl adjacent to an activating group) is 1. The van der Waals surface area contributed by atoms with Gasteiger partial charge >= 0.3 is 0 Å². The van der Waals surface area contributed by atoms with Gasteiger partial charge in [-0.05, 0) is 31.4 Å². The second kappa shape index (κ2) is 5.00.